The molecule has 0 unspecified atom stereocenters. The van der Waals surface area contributed by atoms with E-state index in [0.717, 1.165) is 40.7 Å². The molecule has 2 saturated carbocycles. The van der Waals surface area contributed by atoms with Gasteiger partial charge in [0.1, 0.15) is 5.69 Å². The number of benzene rings is 2. The van der Waals surface area contributed by atoms with Crippen LogP contribution in [0.15, 0.2) is 65.8 Å². The average molecular weight is 463 g/mol. The Kier molecular flexibility index (Phi) is 4.88. The highest BCUT2D eigenvalue weighted by Crippen LogP contribution is 2.44. The minimum absolute atomic E-state index is 0.206. The summed E-state index contributed by atoms with van der Waals surface area (Å²) in [5.74, 6) is 0.709. The Balaban J connectivity index is 1.15. The quantitative estimate of drug-likeness (QED) is 0.370. The SMILES string of the molecule is Cc1ccc(S(=O)(=O)OCC2CC(n3cc(-n4ncc5ccccc54)c(C4CC4)n3)C2)cc1. The fourth-order valence-corrected chi connectivity index (χ4v) is 5.55. The summed E-state index contributed by atoms with van der Waals surface area (Å²) < 4.78 is 34.3. The van der Waals surface area contributed by atoms with Crippen LogP contribution in [-0.4, -0.2) is 34.6 Å². The largest absolute Gasteiger partial charge is 0.296 e. The predicted octanol–water partition coefficient (Wildman–Crippen LogP) is 4.76. The van der Waals surface area contributed by atoms with E-state index in [1.54, 1.807) is 24.3 Å². The van der Waals surface area contributed by atoms with Crippen molar-refractivity contribution >= 4 is 21.0 Å². The molecule has 2 aliphatic carbocycles. The van der Waals surface area contributed by atoms with E-state index in [-0.39, 0.29) is 23.5 Å². The van der Waals surface area contributed by atoms with Gasteiger partial charge in [-0.05, 0) is 56.7 Å². The molecule has 0 amide bonds. The van der Waals surface area contributed by atoms with E-state index in [9.17, 15) is 8.42 Å². The molecule has 6 rings (SSSR count). The third-order valence-corrected chi connectivity index (χ3v) is 8.06. The molecule has 0 aliphatic heterocycles. The van der Waals surface area contributed by atoms with Gasteiger partial charge in [0.2, 0.25) is 0 Å². The Hall–Kier alpha value is -2.97. The summed E-state index contributed by atoms with van der Waals surface area (Å²) in [6.45, 7) is 2.13. The molecule has 2 aromatic heterocycles. The summed E-state index contributed by atoms with van der Waals surface area (Å²) in [6, 6.07) is 15.2. The number of fused-ring (bicyclic) bond motifs is 1. The van der Waals surface area contributed by atoms with Crippen LogP contribution >= 0.6 is 0 Å². The smallest absolute Gasteiger partial charge is 0.267 e. The zero-order valence-electron chi connectivity index (χ0n) is 18.5. The van der Waals surface area contributed by atoms with Gasteiger partial charge in [-0.15, -0.1) is 0 Å². The van der Waals surface area contributed by atoms with E-state index in [1.807, 2.05) is 29.9 Å². The van der Waals surface area contributed by atoms with Gasteiger partial charge in [0, 0.05) is 11.3 Å². The van der Waals surface area contributed by atoms with Crippen molar-refractivity contribution in [1.29, 1.82) is 0 Å². The fourth-order valence-electron chi connectivity index (χ4n) is 4.57. The Morgan fingerprint density at radius 3 is 2.58 bits per heavy atom. The van der Waals surface area contributed by atoms with E-state index in [0.29, 0.717) is 5.92 Å². The van der Waals surface area contributed by atoms with Crippen molar-refractivity contribution in [2.75, 3.05) is 6.61 Å². The molecule has 0 radical (unpaired) electrons. The minimum atomic E-state index is -3.72. The van der Waals surface area contributed by atoms with E-state index in [2.05, 4.69) is 28.1 Å². The highest BCUT2D eigenvalue weighted by atomic mass is 32.2. The van der Waals surface area contributed by atoms with Gasteiger partial charge >= 0.3 is 0 Å². The second kappa shape index (κ2) is 7.81. The Morgan fingerprint density at radius 1 is 1.06 bits per heavy atom. The lowest BCUT2D eigenvalue weighted by Crippen LogP contribution is -2.31. The highest BCUT2D eigenvalue weighted by Gasteiger charge is 2.36. The van der Waals surface area contributed by atoms with Crippen molar-refractivity contribution in [1.82, 2.24) is 19.6 Å². The van der Waals surface area contributed by atoms with Crippen LogP contribution in [0, 0.1) is 12.8 Å². The molecule has 2 heterocycles. The molecule has 170 valence electrons. The first kappa shape index (κ1) is 20.6. The van der Waals surface area contributed by atoms with Crippen molar-refractivity contribution in [2.45, 2.75) is 49.5 Å². The molecule has 0 saturated heterocycles. The normalized spacial score (nSPS) is 20.8. The topological polar surface area (TPSA) is 79.0 Å². The molecule has 0 N–H and O–H groups in total. The number of hydrogen-bond acceptors (Lipinski definition) is 5. The van der Waals surface area contributed by atoms with Crippen molar-refractivity contribution in [3.8, 4) is 5.69 Å². The number of aryl methyl sites for hydroxylation is 1. The van der Waals surface area contributed by atoms with Gasteiger partial charge in [0.25, 0.3) is 10.1 Å². The van der Waals surface area contributed by atoms with Crippen molar-refractivity contribution in [3.63, 3.8) is 0 Å². The summed E-state index contributed by atoms with van der Waals surface area (Å²) in [6.07, 6.45) is 8.05. The van der Waals surface area contributed by atoms with Gasteiger partial charge in [0.15, 0.2) is 0 Å². The minimum Gasteiger partial charge on any atom is -0.267 e. The van der Waals surface area contributed by atoms with E-state index in [1.165, 1.54) is 12.8 Å². The van der Waals surface area contributed by atoms with Gasteiger partial charge in [-0.25, -0.2) is 4.68 Å². The first-order chi connectivity index (χ1) is 16.0. The van der Waals surface area contributed by atoms with Crippen LogP contribution in [0.4, 0.5) is 0 Å². The molecular formula is C25H26N4O3S. The molecule has 2 fully saturated rings. The molecule has 2 aromatic carbocycles. The number of hydrogen-bond donors (Lipinski definition) is 0. The van der Waals surface area contributed by atoms with Crippen LogP contribution in [0.3, 0.4) is 0 Å². The summed E-state index contributed by atoms with van der Waals surface area (Å²) in [5.41, 5.74) is 4.27. The average Bonchev–Trinajstić information content (AvgIpc) is 3.39. The van der Waals surface area contributed by atoms with Crippen LogP contribution in [0.25, 0.3) is 16.6 Å². The molecule has 0 spiro atoms. The van der Waals surface area contributed by atoms with Crippen molar-refractivity contribution in [2.24, 2.45) is 5.92 Å². The van der Waals surface area contributed by atoms with Gasteiger partial charge < -0.3 is 0 Å². The lowest BCUT2D eigenvalue weighted by Gasteiger charge is -2.34. The van der Waals surface area contributed by atoms with Gasteiger partial charge in [0.05, 0.1) is 41.1 Å². The molecule has 2 aliphatic rings. The maximum absolute atomic E-state index is 12.5. The van der Waals surface area contributed by atoms with Crippen molar-refractivity contribution in [3.05, 3.63) is 72.2 Å². The fraction of sp³-hybridized carbons (Fsp3) is 0.360. The highest BCUT2D eigenvalue weighted by molar-refractivity contribution is 7.86. The van der Waals surface area contributed by atoms with Gasteiger partial charge in [-0.1, -0.05) is 35.9 Å². The maximum Gasteiger partial charge on any atom is 0.296 e. The van der Waals surface area contributed by atoms with Crippen LogP contribution in [0.1, 0.15) is 48.9 Å². The molecule has 7 nitrogen and oxygen atoms in total. The third-order valence-electron chi connectivity index (χ3n) is 6.76. The number of rotatable bonds is 7. The Morgan fingerprint density at radius 2 is 1.82 bits per heavy atom. The van der Waals surface area contributed by atoms with Crippen LogP contribution < -0.4 is 0 Å². The van der Waals surface area contributed by atoms with E-state index < -0.39 is 10.1 Å². The van der Waals surface area contributed by atoms with E-state index >= 15 is 0 Å². The summed E-state index contributed by atoms with van der Waals surface area (Å²) in [7, 11) is -3.72. The number of nitrogens with zero attached hydrogens (tertiary/aromatic N) is 4. The lowest BCUT2D eigenvalue weighted by molar-refractivity contribution is 0.120. The zero-order valence-corrected chi connectivity index (χ0v) is 19.3. The Labute approximate surface area is 193 Å². The third kappa shape index (κ3) is 3.87. The first-order valence-corrected chi connectivity index (χ1v) is 12.9. The molecule has 4 aromatic rings. The second-order valence-electron chi connectivity index (χ2n) is 9.31. The van der Waals surface area contributed by atoms with Crippen LogP contribution in [-0.2, 0) is 14.3 Å². The summed E-state index contributed by atoms with van der Waals surface area (Å²) >= 11 is 0. The van der Waals surface area contributed by atoms with Crippen LogP contribution in [0.2, 0.25) is 0 Å². The summed E-state index contributed by atoms with van der Waals surface area (Å²) in [4.78, 5) is 0.209. The molecule has 0 atom stereocenters. The van der Waals surface area contributed by atoms with E-state index in [4.69, 9.17) is 9.28 Å². The number of para-hydroxylation sites is 1. The maximum atomic E-state index is 12.5. The summed E-state index contributed by atoms with van der Waals surface area (Å²) in [5, 5.41) is 10.7. The molecular weight excluding hydrogens is 436 g/mol. The second-order valence-corrected chi connectivity index (χ2v) is 10.9. The molecule has 8 heteroatoms. The lowest BCUT2D eigenvalue weighted by atomic mass is 9.81. The zero-order chi connectivity index (χ0) is 22.6. The number of aromatic nitrogens is 4. The molecule has 33 heavy (non-hydrogen) atoms. The van der Waals surface area contributed by atoms with Gasteiger partial charge in [-0.2, -0.15) is 18.6 Å². The standard InChI is InChI=1S/C25H26N4O3S/c1-17-6-10-22(11-7-17)33(30,31)32-16-18-12-21(13-18)28-15-24(25(27-28)19-8-9-19)29-23-5-3-2-4-20(23)14-26-29/h2-7,10-11,14-15,18-19,21H,8-9,12-13,16H2,1H3. The predicted molar refractivity (Wildman–Crippen MR) is 125 cm³/mol. The van der Waals surface area contributed by atoms with Crippen molar-refractivity contribution < 1.29 is 12.6 Å². The Bertz CT molecular complexity index is 1410. The van der Waals surface area contributed by atoms with Crippen LogP contribution in [0.5, 0.6) is 0 Å². The van der Waals surface area contributed by atoms with Gasteiger partial charge in [-0.3, -0.25) is 8.86 Å². The molecule has 0 bridgehead atoms. The monoisotopic (exact) mass is 462 g/mol. The first-order valence-electron chi connectivity index (χ1n) is 11.5.